The SMILES string of the molecule is Cc1n[nH]c(C)c1-c1nc(-c2cccs2)no1. The number of nitrogens with one attached hydrogen (secondary N) is 1. The monoisotopic (exact) mass is 246 g/mol. The fraction of sp³-hybridized carbons (Fsp3) is 0.182. The minimum Gasteiger partial charge on any atom is -0.333 e. The fourth-order valence-electron chi connectivity index (χ4n) is 1.70. The maximum Gasteiger partial charge on any atom is 0.262 e. The third kappa shape index (κ3) is 1.66. The summed E-state index contributed by atoms with van der Waals surface area (Å²) in [7, 11) is 0. The molecule has 3 aromatic rings. The second-order valence-corrected chi connectivity index (χ2v) is 4.66. The van der Waals surface area contributed by atoms with Crippen molar-refractivity contribution in [3.8, 4) is 22.2 Å². The van der Waals surface area contributed by atoms with Gasteiger partial charge in [0.05, 0.1) is 16.1 Å². The van der Waals surface area contributed by atoms with Crippen LogP contribution in [0.25, 0.3) is 22.2 Å². The maximum atomic E-state index is 5.28. The van der Waals surface area contributed by atoms with E-state index in [2.05, 4.69) is 20.3 Å². The molecule has 86 valence electrons. The summed E-state index contributed by atoms with van der Waals surface area (Å²) in [4.78, 5) is 5.39. The number of aryl methyl sites for hydroxylation is 2. The standard InChI is InChI=1S/C11H10N4OS/c1-6-9(7(2)14-13-6)11-12-10(15-16-11)8-4-3-5-17-8/h3-5H,1-2H3,(H,13,14). The molecule has 0 fully saturated rings. The lowest BCUT2D eigenvalue weighted by Crippen LogP contribution is -1.82. The zero-order valence-electron chi connectivity index (χ0n) is 9.39. The van der Waals surface area contributed by atoms with E-state index in [9.17, 15) is 0 Å². The van der Waals surface area contributed by atoms with Crippen molar-refractivity contribution >= 4 is 11.3 Å². The second kappa shape index (κ2) is 3.81. The number of aromatic nitrogens is 4. The van der Waals surface area contributed by atoms with Crippen molar-refractivity contribution in [2.24, 2.45) is 0 Å². The molecule has 0 saturated carbocycles. The smallest absolute Gasteiger partial charge is 0.262 e. The summed E-state index contributed by atoms with van der Waals surface area (Å²) in [6, 6.07) is 3.93. The molecule has 1 N–H and O–H groups in total. The average Bonchev–Trinajstić information content (AvgIpc) is 2.98. The van der Waals surface area contributed by atoms with Crippen molar-refractivity contribution in [3.63, 3.8) is 0 Å². The Kier molecular flexibility index (Phi) is 2.29. The number of rotatable bonds is 2. The molecule has 0 aliphatic heterocycles. The van der Waals surface area contributed by atoms with Crippen LogP contribution in [-0.4, -0.2) is 20.3 Å². The molecule has 3 aromatic heterocycles. The Morgan fingerprint density at radius 2 is 2.24 bits per heavy atom. The molecule has 0 aromatic carbocycles. The topological polar surface area (TPSA) is 67.6 Å². The lowest BCUT2D eigenvalue weighted by molar-refractivity contribution is 0.432. The van der Waals surface area contributed by atoms with Gasteiger partial charge in [0.2, 0.25) is 5.82 Å². The first-order valence-corrected chi connectivity index (χ1v) is 6.03. The van der Waals surface area contributed by atoms with Crippen molar-refractivity contribution < 1.29 is 4.52 Å². The predicted molar refractivity (Wildman–Crippen MR) is 64.7 cm³/mol. The summed E-state index contributed by atoms with van der Waals surface area (Å²) in [6.07, 6.45) is 0. The summed E-state index contributed by atoms with van der Waals surface area (Å²) in [5, 5.41) is 13.0. The van der Waals surface area contributed by atoms with Crippen molar-refractivity contribution in [2.45, 2.75) is 13.8 Å². The molecule has 0 radical (unpaired) electrons. The van der Waals surface area contributed by atoms with Gasteiger partial charge < -0.3 is 4.52 Å². The van der Waals surface area contributed by atoms with Gasteiger partial charge in [-0.25, -0.2) is 0 Å². The summed E-state index contributed by atoms with van der Waals surface area (Å²) < 4.78 is 5.28. The van der Waals surface area contributed by atoms with Gasteiger partial charge in [-0.1, -0.05) is 11.2 Å². The van der Waals surface area contributed by atoms with E-state index in [4.69, 9.17) is 4.52 Å². The van der Waals surface area contributed by atoms with Crippen LogP contribution in [0, 0.1) is 13.8 Å². The molecule has 0 unspecified atom stereocenters. The van der Waals surface area contributed by atoms with Crippen LogP contribution in [0.5, 0.6) is 0 Å². The quantitative estimate of drug-likeness (QED) is 0.755. The van der Waals surface area contributed by atoms with E-state index in [1.165, 1.54) is 0 Å². The number of nitrogens with zero attached hydrogens (tertiary/aromatic N) is 3. The molecule has 0 amide bonds. The lowest BCUT2D eigenvalue weighted by Gasteiger charge is -1.91. The molecule has 3 heterocycles. The predicted octanol–water partition coefficient (Wildman–Crippen LogP) is 2.81. The molecule has 17 heavy (non-hydrogen) atoms. The molecule has 3 rings (SSSR count). The molecular formula is C11H10N4OS. The van der Waals surface area contributed by atoms with E-state index in [-0.39, 0.29) is 0 Å². The van der Waals surface area contributed by atoms with Gasteiger partial charge in [-0.3, -0.25) is 5.10 Å². The van der Waals surface area contributed by atoms with Crippen LogP contribution in [0.4, 0.5) is 0 Å². The highest BCUT2D eigenvalue weighted by Crippen LogP contribution is 2.27. The Bertz CT molecular complexity index is 619. The van der Waals surface area contributed by atoms with E-state index in [1.807, 2.05) is 31.4 Å². The summed E-state index contributed by atoms with van der Waals surface area (Å²) in [5.41, 5.74) is 2.69. The van der Waals surface area contributed by atoms with Gasteiger partial charge in [0.15, 0.2) is 0 Å². The van der Waals surface area contributed by atoms with Gasteiger partial charge in [-0.05, 0) is 25.3 Å². The molecule has 0 spiro atoms. The Morgan fingerprint density at radius 3 is 2.88 bits per heavy atom. The minimum absolute atomic E-state index is 0.511. The second-order valence-electron chi connectivity index (χ2n) is 3.71. The number of hydrogen-bond donors (Lipinski definition) is 1. The largest absolute Gasteiger partial charge is 0.333 e. The highest BCUT2D eigenvalue weighted by molar-refractivity contribution is 7.13. The molecule has 0 saturated heterocycles. The van der Waals surface area contributed by atoms with Gasteiger partial charge >= 0.3 is 0 Å². The molecule has 0 aliphatic rings. The fourth-order valence-corrected chi connectivity index (χ4v) is 2.35. The Hall–Kier alpha value is -1.95. The van der Waals surface area contributed by atoms with Crippen LogP contribution in [0.1, 0.15) is 11.4 Å². The minimum atomic E-state index is 0.511. The average molecular weight is 246 g/mol. The van der Waals surface area contributed by atoms with Crippen LogP contribution >= 0.6 is 11.3 Å². The van der Waals surface area contributed by atoms with Crippen LogP contribution in [0.3, 0.4) is 0 Å². The van der Waals surface area contributed by atoms with E-state index in [1.54, 1.807) is 11.3 Å². The van der Waals surface area contributed by atoms with E-state index in [0.29, 0.717) is 11.7 Å². The van der Waals surface area contributed by atoms with Crippen molar-refractivity contribution in [2.75, 3.05) is 0 Å². The highest BCUT2D eigenvalue weighted by atomic mass is 32.1. The van der Waals surface area contributed by atoms with E-state index < -0.39 is 0 Å². The first-order chi connectivity index (χ1) is 8.25. The molecule has 0 aliphatic carbocycles. The van der Waals surface area contributed by atoms with E-state index >= 15 is 0 Å². The Morgan fingerprint density at radius 1 is 1.35 bits per heavy atom. The van der Waals surface area contributed by atoms with Gasteiger partial charge in [0.1, 0.15) is 0 Å². The summed E-state index contributed by atoms with van der Waals surface area (Å²) in [6.45, 7) is 3.85. The zero-order chi connectivity index (χ0) is 11.8. The van der Waals surface area contributed by atoms with Gasteiger partial charge in [-0.15, -0.1) is 11.3 Å². The zero-order valence-corrected chi connectivity index (χ0v) is 10.2. The third-order valence-electron chi connectivity index (χ3n) is 2.51. The number of H-pyrrole nitrogens is 1. The third-order valence-corrected chi connectivity index (χ3v) is 3.38. The van der Waals surface area contributed by atoms with Gasteiger partial charge in [-0.2, -0.15) is 10.1 Å². The normalized spacial score (nSPS) is 10.9. The Balaban J connectivity index is 2.07. The maximum absolute atomic E-state index is 5.28. The first kappa shape index (κ1) is 10.2. The first-order valence-electron chi connectivity index (χ1n) is 5.15. The summed E-state index contributed by atoms with van der Waals surface area (Å²) in [5.74, 6) is 1.13. The van der Waals surface area contributed by atoms with Crippen LogP contribution in [-0.2, 0) is 0 Å². The van der Waals surface area contributed by atoms with Gasteiger partial charge in [0.25, 0.3) is 5.89 Å². The number of thiophene rings is 1. The van der Waals surface area contributed by atoms with Crippen molar-refractivity contribution in [3.05, 3.63) is 28.9 Å². The molecule has 0 atom stereocenters. The Labute approximate surface area is 101 Å². The lowest BCUT2D eigenvalue weighted by atomic mass is 10.2. The van der Waals surface area contributed by atoms with Crippen LogP contribution < -0.4 is 0 Å². The van der Waals surface area contributed by atoms with Crippen molar-refractivity contribution in [1.82, 2.24) is 20.3 Å². The molecule has 5 nitrogen and oxygen atoms in total. The van der Waals surface area contributed by atoms with E-state index in [0.717, 1.165) is 21.8 Å². The van der Waals surface area contributed by atoms with Crippen LogP contribution in [0.15, 0.2) is 22.0 Å². The van der Waals surface area contributed by atoms with Crippen molar-refractivity contribution in [1.29, 1.82) is 0 Å². The summed E-state index contributed by atoms with van der Waals surface area (Å²) >= 11 is 1.59. The van der Waals surface area contributed by atoms with Crippen LogP contribution in [0.2, 0.25) is 0 Å². The van der Waals surface area contributed by atoms with Gasteiger partial charge in [0, 0.05) is 5.69 Å². The molecular weight excluding hydrogens is 236 g/mol. The number of aromatic amines is 1. The number of hydrogen-bond acceptors (Lipinski definition) is 5. The molecule has 6 heteroatoms. The highest BCUT2D eigenvalue weighted by Gasteiger charge is 2.17. The molecule has 0 bridgehead atoms.